The Morgan fingerprint density at radius 3 is 2.23 bits per heavy atom. The van der Waals surface area contributed by atoms with Crippen LogP contribution in [0.2, 0.25) is 5.02 Å². The number of esters is 1. The zero-order valence-electron chi connectivity index (χ0n) is 36.2. The molecule has 1 unspecified atom stereocenters. The number of anilines is 3. The summed E-state index contributed by atoms with van der Waals surface area (Å²) in [5, 5.41) is 27.4. The number of ether oxygens (including phenoxy) is 2. The number of hydrogen-bond donors (Lipinski definition) is 3. The Hall–Kier alpha value is -6.86. The number of benzene rings is 3. The van der Waals surface area contributed by atoms with Crippen molar-refractivity contribution in [3.63, 3.8) is 0 Å². The maximum Gasteiger partial charge on any atom is 0.419 e. The number of piperazine rings is 1. The van der Waals surface area contributed by atoms with Crippen molar-refractivity contribution in [3.05, 3.63) is 89.3 Å². The lowest BCUT2D eigenvalue weighted by molar-refractivity contribution is -0.149. The average molecular weight is 897 g/mol. The number of aromatic nitrogens is 5. The molecule has 2 aliphatic rings. The van der Waals surface area contributed by atoms with Crippen LogP contribution in [0.3, 0.4) is 0 Å². The van der Waals surface area contributed by atoms with Crippen molar-refractivity contribution in [1.82, 2.24) is 34.6 Å². The highest BCUT2D eigenvalue weighted by molar-refractivity contribution is 6.41. The van der Waals surface area contributed by atoms with Crippen molar-refractivity contribution >= 4 is 75.4 Å². The number of halogens is 1. The van der Waals surface area contributed by atoms with Gasteiger partial charge in [0.15, 0.2) is 0 Å². The molecule has 5 amide bonds. The Bertz CT molecular complexity index is 2600. The first-order valence-corrected chi connectivity index (χ1v) is 21.0. The number of likely N-dealkylation sites (tertiary alicyclic amines) is 1. The van der Waals surface area contributed by atoms with Crippen LogP contribution >= 0.6 is 11.6 Å². The zero-order chi connectivity index (χ0) is 46.1. The van der Waals surface area contributed by atoms with Gasteiger partial charge in [-0.05, 0) is 125 Å². The summed E-state index contributed by atoms with van der Waals surface area (Å²) in [4.78, 5) is 86.7. The smallest absolute Gasteiger partial charge is 0.419 e. The predicted molar refractivity (Wildman–Crippen MR) is 235 cm³/mol. The highest BCUT2D eigenvalue weighted by atomic mass is 35.5. The molecule has 20 heteroatoms. The standard InChI is InChI=1S/C44H49ClN10O9/c1-43(2,3)63-40(60)36-22-27-21-30(14-16-32(27)55(36)42(62)64-44(4,5)6)47-37(57)35(20-26-9-12-29(13-10-26)48-41(61)51-17-7-8-31(51)24-56)53-19-18-52(38(58)39(53)59)34-23-28(45)11-15-33(34)54-25-46-49-50-54/h9-16,21-23,25,31,35,56H,7-8,17-20,24H2,1-6H3,(H,47,57)(H,48,61)/t31-,35?/m1/s1. The van der Waals surface area contributed by atoms with Gasteiger partial charge >= 0.3 is 29.9 Å². The summed E-state index contributed by atoms with van der Waals surface area (Å²) in [6, 6.07) is 15.8. The molecule has 2 aliphatic heterocycles. The molecule has 64 heavy (non-hydrogen) atoms. The summed E-state index contributed by atoms with van der Waals surface area (Å²) in [7, 11) is 0. The summed E-state index contributed by atoms with van der Waals surface area (Å²) in [5.74, 6) is -3.26. The average Bonchev–Trinajstić information content (AvgIpc) is 4.01. The first-order chi connectivity index (χ1) is 30.3. The number of nitrogens with one attached hydrogen (secondary N) is 2. The van der Waals surface area contributed by atoms with Crippen molar-refractivity contribution in [2.24, 2.45) is 0 Å². The normalized spacial score (nSPS) is 16.2. The molecule has 0 radical (unpaired) electrons. The van der Waals surface area contributed by atoms with E-state index in [1.54, 1.807) is 101 Å². The van der Waals surface area contributed by atoms with Gasteiger partial charge in [-0.2, -0.15) is 4.68 Å². The molecule has 2 atom stereocenters. The Morgan fingerprint density at radius 2 is 1.56 bits per heavy atom. The van der Waals surface area contributed by atoms with Crippen LogP contribution in [0.15, 0.2) is 73.1 Å². The largest absolute Gasteiger partial charge is 0.455 e. The molecule has 19 nitrogen and oxygen atoms in total. The van der Waals surface area contributed by atoms with Crippen molar-refractivity contribution in [2.45, 2.75) is 84.1 Å². The van der Waals surface area contributed by atoms with Crippen LogP contribution in [-0.2, 0) is 30.3 Å². The molecule has 2 saturated heterocycles. The van der Waals surface area contributed by atoms with E-state index in [9.17, 15) is 33.9 Å². The fourth-order valence-corrected chi connectivity index (χ4v) is 7.80. The number of nitrogens with zero attached hydrogens (tertiary/aromatic N) is 8. The highest BCUT2D eigenvalue weighted by Crippen LogP contribution is 2.31. The number of fused-ring (bicyclic) bond motifs is 1. The third-order valence-electron chi connectivity index (χ3n) is 10.5. The number of hydrogen-bond acceptors (Lipinski definition) is 12. The predicted octanol–water partition coefficient (Wildman–Crippen LogP) is 5.42. The van der Waals surface area contributed by atoms with Gasteiger partial charge in [-0.1, -0.05) is 23.7 Å². The van der Waals surface area contributed by atoms with Crippen molar-refractivity contribution in [1.29, 1.82) is 0 Å². The second kappa shape index (κ2) is 18.1. The molecule has 2 fully saturated rings. The summed E-state index contributed by atoms with van der Waals surface area (Å²) < 4.78 is 13.7. The molecule has 0 aliphatic carbocycles. The van der Waals surface area contributed by atoms with E-state index in [2.05, 4.69) is 26.2 Å². The van der Waals surface area contributed by atoms with Gasteiger partial charge in [-0.15, -0.1) is 5.10 Å². The lowest BCUT2D eigenvalue weighted by atomic mass is 10.0. The summed E-state index contributed by atoms with van der Waals surface area (Å²) in [5.41, 5.74) is 0.508. The van der Waals surface area contributed by atoms with Gasteiger partial charge < -0.3 is 39.9 Å². The number of carbonyl (C=O) groups excluding carboxylic acids is 6. The monoisotopic (exact) mass is 896 g/mol. The Balaban J connectivity index is 1.19. The molecule has 4 heterocycles. The summed E-state index contributed by atoms with van der Waals surface area (Å²) >= 11 is 6.35. The van der Waals surface area contributed by atoms with E-state index in [0.717, 1.165) is 11.0 Å². The van der Waals surface area contributed by atoms with E-state index in [1.807, 2.05) is 0 Å². The van der Waals surface area contributed by atoms with Gasteiger partial charge in [0.05, 0.1) is 29.5 Å². The molecule has 0 spiro atoms. The maximum atomic E-state index is 14.5. The number of aliphatic hydroxyl groups excluding tert-OH is 1. The minimum absolute atomic E-state index is 0.0162. The van der Waals surface area contributed by atoms with Crippen molar-refractivity contribution in [3.8, 4) is 5.69 Å². The van der Waals surface area contributed by atoms with Crippen LogP contribution < -0.4 is 15.5 Å². The molecule has 336 valence electrons. The van der Waals surface area contributed by atoms with Gasteiger partial charge in [0.2, 0.25) is 5.91 Å². The minimum Gasteiger partial charge on any atom is -0.455 e. The van der Waals surface area contributed by atoms with Gasteiger partial charge in [-0.3, -0.25) is 14.4 Å². The first-order valence-electron chi connectivity index (χ1n) is 20.7. The number of carbonyl (C=O) groups is 6. The summed E-state index contributed by atoms with van der Waals surface area (Å²) in [6.07, 6.45) is 2.00. The molecular weight excluding hydrogens is 848 g/mol. The van der Waals surface area contributed by atoms with E-state index in [-0.39, 0.29) is 55.3 Å². The number of amides is 5. The van der Waals surface area contributed by atoms with Crippen LogP contribution in [0.1, 0.15) is 70.4 Å². The quantitative estimate of drug-likeness (QED) is 0.118. The van der Waals surface area contributed by atoms with Crippen LogP contribution in [0.25, 0.3) is 16.6 Å². The molecule has 0 bridgehead atoms. The highest BCUT2D eigenvalue weighted by Gasteiger charge is 2.41. The number of aliphatic hydroxyl groups is 1. The lowest BCUT2D eigenvalue weighted by Crippen LogP contribution is -2.60. The Morgan fingerprint density at radius 1 is 0.844 bits per heavy atom. The molecule has 7 rings (SSSR count). The van der Waals surface area contributed by atoms with Gasteiger partial charge in [0, 0.05) is 47.8 Å². The topological polar surface area (TPSA) is 223 Å². The second-order valence-corrected chi connectivity index (χ2v) is 17.9. The molecule has 2 aromatic heterocycles. The minimum atomic E-state index is -1.23. The van der Waals surface area contributed by atoms with Crippen LogP contribution in [0, 0.1) is 0 Å². The Kier molecular flexibility index (Phi) is 12.8. The molecule has 3 N–H and O–H groups in total. The van der Waals surface area contributed by atoms with Gasteiger partial charge in [0.1, 0.15) is 29.3 Å². The summed E-state index contributed by atoms with van der Waals surface area (Å²) in [6.45, 7) is 10.5. The van der Waals surface area contributed by atoms with E-state index in [4.69, 9.17) is 21.1 Å². The number of urea groups is 1. The van der Waals surface area contributed by atoms with E-state index >= 15 is 0 Å². The van der Waals surface area contributed by atoms with Crippen molar-refractivity contribution < 1.29 is 43.3 Å². The SMILES string of the molecule is CC(C)(C)OC(=O)c1cc2cc(NC(=O)C(Cc3ccc(NC(=O)N4CCC[C@@H]4CO)cc3)N3CCN(c4cc(Cl)ccc4-n4cnnn4)C(=O)C3=O)ccc2n1C(=O)OC(C)(C)C. The maximum absolute atomic E-state index is 14.5. The van der Waals surface area contributed by atoms with E-state index in [0.29, 0.717) is 45.8 Å². The fraction of sp³-hybridized carbons (Fsp3) is 0.386. The second-order valence-electron chi connectivity index (χ2n) is 17.5. The van der Waals surface area contributed by atoms with Gasteiger partial charge in [0.25, 0.3) is 0 Å². The number of tetrazole rings is 1. The van der Waals surface area contributed by atoms with E-state index in [1.165, 1.54) is 32.9 Å². The van der Waals surface area contributed by atoms with Gasteiger partial charge in [-0.25, -0.2) is 19.0 Å². The van der Waals surface area contributed by atoms with Crippen molar-refractivity contribution in [2.75, 3.05) is 41.8 Å². The molecule has 5 aromatic rings. The zero-order valence-corrected chi connectivity index (χ0v) is 37.0. The van der Waals surface area contributed by atoms with Crippen LogP contribution in [-0.4, -0.2) is 125 Å². The Labute approximate surface area is 373 Å². The van der Waals surface area contributed by atoms with Crippen LogP contribution in [0.5, 0.6) is 0 Å². The molecule has 0 saturated carbocycles. The lowest BCUT2D eigenvalue weighted by Gasteiger charge is -2.38. The third-order valence-corrected chi connectivity index (χ3v) is 10.7. The number of rotatable bonds is 10. The fourth-order valence-electron chi connectivity index (χ4n) is 7.64. The van der Waals surface area contributed by atoms with Crippen LogP contribution in [0.4, 0.5) is 26.7 Å². The molecule has 3 aromatic carbocycles. The molecular formula is C44H49ClN10O9. The third kappa shape index (κ3) is 10.00. The first kappa shape index (κ1) is 45.2. The van der Waals surface area contributed by atoms with E-state index < -0.39 is 47.0 Å².